The topological polar surface area (TPSA) is 59.0 Å². The van der Waals surface area contributed by atoms with Gasteiger partial charge in [-0.25, -0.2) is 0 Å². The van der Waals surface area contributed by atoms with Gasteiger partial charge in [0.1, 0.15) is 0 Å². The second kappa shape index (κ2) is 7.78. The molecular formula is C21H32N4O2. The number of anilines is 1. The summed E-state index contributed by atoms with van der Waals surface area (Å²) in [4.78, 5) is 18.1. The number of carbonyl (C=O) groups is 1. The Balaban J connectivity index is 1.39. The number of carboxylic acid groups (broad SMARTS) is 1. The number of nitrogens with zero attached hydrogens (tertiary/aromatic N) is 3. The van der Waals surface area contributed by atoms with Crippen LogP contribution in [0.25, 0.3) is 0 Å². The van der Waals surface area contributed by atoms with Crippen molar-refractivity contribution in [2.75, 3.05) is 63.8 Å². The monoisotopic (exact) mass is 372 g/mol. The highest BCUT2D eigenvalue weighted by molar-refractivity contribution is 5.69. The van der Waals surface area contributed by atoms with Gasteiger partial charge in [-0.1, -0.05) is 12.1 Å². The van der Waals surface area contributed by atoms with E-state index in [0.29, 0.717) is 5.41 Å². The molecule has 27 heavy (non-hydrogen) atoms. The predicted molar refractivity (Wildman–Crippen MR) is 107 cm³/mol. The van der Waals surface area contributed by atoms with Crippen LogP contribution < -0.4 is 10.2 Å². The smallest absolute Gasteiger partial charge is 0.317 e. The molecule has 1 aromatic carbocycles. The van der Waals surface area contributed by atoms with Gasteiger partial charge in [0.25, 0.3) is 0 Å². The van der Waals surface area contributed by atoms with Crippen LogP contribution in [0.5, 0.6) is 0 Å². The van der Waals surface area contributed by atoms with Gasteiger partial charge in [0.2, 0.25) is 0 Å². The maximum absolute atomic E-state index is 10.9. The minimum atomic E-state index is -0.709. The van der Waals surface area contributed by atoms with Crippen molar-refractivity contribution in [1.82, 2.24) is 15.1 Å². The minimum absolute atomic E-state index is 0.193. The summed E-state index contributed by atoms with van der Waals surface area (Å²) in [5.41, 5.74) is 4.53. The highest BCUT2D eigenvalue weighted by Crippen LogP contribution is 2.41. The lowest BCUT2D eigenvalue weighted by Crippen LogP contribution is -2.61. The third kappa shape index (κ3) is 4.28. The number of piperazine rings is 1. The molecule has 3 saturated heterocycles. The van der Waals surface area contributed by atoms with Crippen molar-refractivity contribution in [2.45, 2.75) is 26.3 Å². The molecule has 0 bridgehead atoms. The van der Waals surface area contributed by atoms with Crippen molar-refractivity contribution in [1.29, 1.82) is 0 Å². The normalized spacial score (nSPS) is 23.4. The Hall–Kier alpha value is -1.63. The van der Waals surface area contributed by atoms with E-state index in [4.69, 9.17) is 5.11 Å². The fourth-order valence-corrected chi connectivity index (χ4v) is 4.96. The SMILES string of the molecule is Cc1ccc(CN2CCNCC2)c(N2CCC3(CC2)CN(CC(=O)O)C3)c1. The highest BCUT2D eigenvalue weighted by atomic mass is 16.4. The van der Waals surface area contributed by atoms with Gasteiger partial charge in [-0.3, -0.25) is 14.6 Å². The maximum Gasteiger partial charge on any atom is 0.317 e. The van der Waals surface area contributed by atoms with E-state index >= 15 is 0 Å². The van der Waals surface area contributed by atoms with Crippen molar-refractivity contribution in [3.63, 3.8) is 0 Å². The van der Waals surface area contributed by atoms with E-state index in [9.17, 15) is 4.79 Å². The highest BCUT2D eigenvalue weighted by Gasteiger charge is 2.45. The quantitative estimate of drug-likeness (QED) is 0.815. The number of carboxylic acids is 1. The number of hydrogen-bond acceptors (Lipinski definition) is 5. The van der Waals surface area contributed by atoms with E-state index < -0.39 is 5.97 Å². The van der Waals surface area contributed by atoms with Crippen LogP contribution in [0, 0.1) is 12.3 Å². The van der Waals surface area contributed by atoms with Crippen LogP contribution in [0.15, 0.2) is 18.2 Å². The molecule has 0 aromatic heterocycles. The van der Waals surface area contributed by atoms with Gasteiger partial charge in [-0.15, -0.1) is 0 Å². The summed E-state index contributed by atoms with van der Waals surface area (Å²) in [7, 11) is 0. The number of rotatable bonds is 5. The molecule has 3 fully saturated rings. The van der Waals surface area contributed by atoms with Gasteiger partial charge in [0, 0.05) is 64.6 Å². The van der Waals surface area contributed by atoms with Gasteiger partial charge < -0.3 is 15.3 Å². The molecule has 0 aliphatic carbocycles. The Bertz CT molecular complexity index is 671. The zero-order valence-corrected chi connectivity index (χ0v) is 16.4. The molecule has 3 aliphatic rings. The number of nitrogens with one attached hydrogen (secondary N) is 1. The molecule has 1 aromatic rings. The van der Waals surface area contributed by atoms with Crippen molar-refractivity contribution in [3.05, 3.63) is 29.3 Å². The molecular weight excluding hydrogens is 340 g/mol. The Kier molecular flexibility index (Phi) is 5.39. The number of aryl methyl sites for hydroxylation is 1. The van der Waals surface area contributed by atoms with E-state index in [1.54, 1.807) is 0 Å². The summed E-state index contributed by atoms with van der Waals surface area (Å²) in [6, 6.07) is 6.91. The summed E-state index contributed by atoms with van der Waals surface area (Å²) in [6.45, 7) is 11.9. The molecule has 2 N–H and O–H groups in total. The summed E-state index contributed by atoms with van der Waals surface area (Å²) in [5, 5.41) is 12.4. The Morgan fingerprint density at radius 1 is 1.11 bits per heavy atom. The lowest BCUT2D eigenvalue weighted by molar-refractivity contribution is -0.142. The standard InChI is InChI=1S/C21H32N4O2/c1-17-2-3-18(13-23-10-6-22-7-11-23)19(12-17)25-8-4-21(5-9-25)15-24(16-21)14-20(26)27/h2-3,12,22H,4-11,13-16H2,1H3,(H,26,27). The van der Waals surface area contributed by atoms with E-state index in [1.165, 1.54) is 29.7 Å². The average Bonchev–Trinajstić information content (AvgIpc) is 2.63. The zero-order valence-electron chi connectivity index (χ0n) is 16.4. The van der Waals surface area contributed by atoms with Crippen molar-refractivity contribution < 1.29 is 9.90 Å². The fourth-order valence-electron chi connectivity index (χ4n) is 4.96. The van der Waals surface area contributed by atoms with Gasteiger partial charge >= 0.3 is 5.97 Å². The molecule has 0 atom stereocenters. The molecule has 3 aliphatic heterocycles. The number of likely N-dealkylation sites (tertiary alicyclic amines) is 1. The van der Waals surface area contributed by atoms with Crippen LogP contribution in [0.1, 0.15) is 24.0 Å². The van der Waals surface area contributed by atoms with E-state index in [2.05, 4.69) is 45.1 Å². The molecule has 0 saturated carbocycles. The lowest BCUT2D eigenvalue weighted by Gasteiger charge is -2.54. The third-order valence-corrected chi connectivity index (χ3v) is 6.49. The van der Waals surface area contributed by atoms with Crippen LogP contribution in [0.4, 0.5) is 5.69 Å². The number of piperidine rings is 1. The second-order valence-corrected chi connectivity index (χ2v) is 8.68. The molecule has 148 valence electrons. The molecule has 0 radical (unpaired) electrons. The largest absolute Gasteiger partial charge is 0.480 e. The van der Waals surface area contributed by atoms with Crippen LogP contribution in [-0.2, 0) is 11.3 Å². The fraction of sp³-hybridized carbons (Fsp3) is 0.667. The molecule has 0 amide bonds. The maximum atomic E-state index is 10.9. The number of aliphatic carboxylic acids is 1. The van der Waals surface area contributed by atoms with Crippen LogP contribution >= 0.6 is 0 Å². The number of hydrogen-bond donors (Lipinski definition) is 2. The molecule has 0 unspecified atom stereocenters. The first-order chi connectivity index (χ1) is 13.0. The first kappa shape index (κ1) is 18.7. The summed E-state index contributed by atoms with van der Waals surface area (Å²) in [5.74, 6) is -0.709. The minimum Gasteiger partial charge on any atom is -0.480 e. The summed E-state index contributed by atoms with van der Waals surface area (Å²) in [6.07, 6.45) is 2.34. The van der Waals surface area contributed by atoms with Crippen molar-refractivity contribution in [2.24, 2.45) is 5.41 Å². The molecule has 6 nitrogen and oxygen atoms in total. The second-order valence-electron chi connectivity index (χ2n) is 8.68. The van der Waals surface area contributed by atoms with Gasteiger partial charge in [0.15, 0.2) is 0 Å². The zero-order chi connectivity index (χ0) is 18.9. The van der Waals surface area contributed by atoms with Crippen molar-refractivity contribution in [3.8, 4) is 0 Å². The molecule has 6 heteroatoms. The van der Waals surface area contributed by atoms with E-state index in [0.717, 1.165) is 58.9 Å². The average molecular weight is 373 g/mol. The Morgan fingerprint density at radius 3 is 2.48 bits per heavy atom. The third-order valence-electron chi connectivity index (χ3n) is 6.49. The van der Waals surface area contributed by atoms with Gasteiger partial charge in [-0.05, 0) is 42.4 Å². The molecule has 4 rings (SSSR count). The lowest BCUT2D eigenvalue weighted by atomic mass is 9.72. The van der Waals surface area contributed by atoms with E-state index in [-0.39, 0.29) is 6.54 Å². The first-order valence-electron chi connectivity index (χ1n) is 10.2. The Labute approximate surface area is 162 Å². The van der Waals surface area contributed by atoms with Gasteiger partial charge in [0.05, 0.1) is 6.54 Å². The van der Waals surface area contributed by atoms with Gasteiger partial charge in [-0.2, -0.15) is 0 Å². The first-order valence-corrected chi connectivity index (χ1v) is 10.2. The van der Waals surface area contributed by atoms with Crippen LogP contribution in [0.3, 0.4) is 0 Å². The molecule has 1 spiro atoms. The molecule has 3 heterocycles. The Morgan fingerprint density at radius 2 is 1.81 bits per heavy atom. The summed E-state index contributed by atoms with van der Waals surface area (Å²) >= 11 is 0. The number of benzene rings is 1. The predicted octanol–water partition coefficient (Wildman–Crippen LogP) is 1.39. The van der Waals surface area contributed by atoms with Crippen molar-refractivity contribution >= 4 is 11.7 Å². The van der Waals surface area contributed by atoms with E-state index in [1.807, 2.05) is 0 Å². The van der Waals surface area contributed by atoms with Crippen LogP contribution in [-0.4, -0.2) is 79.8 Å². The summed E-state index contributed by atoms with van der Waals surface area (Å²) < 4.78 is 0. The van der Waals surface area contributed by atoms with Crippen LogP contribution in [0.2, 0.25) is 0 Å².